The Morgan fingerprint density at radius 2 is 1.88 bits per heavy atom. The van der Waals surface area contributed by atoms with E-state index in [0.717, 1.165) is 45.3 Å². The molecule has 2 unspecified atom stereocenters. The number of urea groups is 1. The summed E-state index contributed by atoms with van der Waals surface area (Å²) in [5.74, 6) is 0.262. The molecule has 17 heavy (non-hydrogen) atoms. The number of hydrogen-bond donors (Lipinski definition) is 1. The van der Waals surface area contributed by atoms with E-state index in [0.29, 0.717) is 6.54 Å². The summed E-state index contributed by atoms with van der Waals surface area (Å²) < 4.78 is 0. The molecule has 0 saturated carbocycles. The van der Waals surface area contributed by atoms with E-state index in [1.807, 2.05) is 9.80 Å². The quantitative estimate of drug-likeness (QED) is 0.758. The number of rotatable bonds is 1. The molecule has 0 aliphatic carbocycles. The maximum absolute atomic E-state index is 12.3. The second kappa shape index (κ2) is 5.71. The van der Waals surface area contributed by atoms with Crippen molar-refractivity contribution in [3.05, 3.63) is 0 Å². The zero-order valence-corrected chi connectivity index (χ0v) is 10.8. The lowest BCUT2D eigenvalue weighted by molar-refractivity contribution is 0.0300. The zero-order valence-electron chi connectivity index (χ0n) is 10.8. The van der Waals surface area contributed by atoms with Crippen LogP contribution in [0.15, 0.2) is 0 Å². The van der Waals surface area contributed by atoms with Gasteiger partial charge in [0.15, 0.2) is 0 Å². The van der Waals surface area contributed by atoms with Gasteiger partial charge in [0.1, 0.15) is 0 Å². The normalized spacial score (nSPS) is 30.5. The van der Waals surface area contributed by atoms with Crippen LogP contribution in [0.25, 0.3) is 0 Å². The Hall–Kier alpha value is -0.770. The summed E-state index contributed by atoms with van der Waals surface area (Å²) in [5.41, 5.74) is 0. The fourth-order valence-electron chi connectivity index (χ4n) is 2.88. The highest BCUT2D eigenvalue weighted by Gasteiger charge is 2.31. The van der Waals surface area contributed by atoms with Crippen LogP contribution in [-0.2, 0) is 0 Å². The van der Waals surface area contributed by atoms with Gasteiger partial charge in [0, 0.05) is 32.1 Å². The highest BCUT2D eigenvalue weighted by Crippen LogP contribution is 2.22. The smallest absolute Gasteiger partial charge is 0.320 e. The first-order valence-corrected chi connectivity index (χ1v) is 6.94. The van der Waals surface area contributed by atoms with E-state index < -0.39 is 0 Å². The number of likely N-dealkylation sites (tertiary alicyclic amines) is 2. The first-order chi connectivity index (χ1) is 8.22. The van der Waals surface area contributed by atoms with E-state index in [-0.39, 0.29) is 18.1 Å². The summed E-state index contributed by atoms with van der Waals surface area (Å²) in [6.07, 6.45) is 4.99. The Bertz CT molecular complexity index is 264. The average molecular weight is 240 g/mol. The second-order valence-corrected chi connectivity index (χ2v) is 5.30. The summed E-state index contributed by atoms with van der Waals surface area (Å²) in [4.78, 5) is 16.2. The topological polar surface area (TPSA) is 43.8 Å². The van der Waals surface area contributed by atoms with Crippen LogP contribution in [0.2, 0.25) is 0 Å². The van der Waals surface area contributed by atoms with E-state index in [2.05, 4.69) is 6.92 Å². The molecule has 2 saturated heterocycles. The van der Waals surface area contributed by atoms with E-state index in [1.165, 1.54) is 6.42 Å². The molecule has 0 aromatic heterocycles. The lowest BCUT2D eigenvalue weighted by atomic mass is 9.92. The van der Waals surface area contributed by atoms with Crippen LogP contribution < -0.4 is 0 Å². The first kappa shape index (κ1) is 12.7. The maximum Gasteiger partial charge on any atom is 0.320 e. The summed E-state index contributed by atoms with van der Waals surface area (Å²) >= 11 is 0. The van der Waals surface area contributed by atoms with Crippen molar-refractivity contribution in [1.29, 1.82) is 0 Å². The Labute approximate surface area is 104 Å². The molecule has 0 radical (unpaired) electrons. The molecule has 2 amide bonds. The minimum Gasteiger partial charge on any atom is -0.393 e. The van der Waals surface area contributed by atoms with Gasteiger partial charge in [0.25, 0.3) is 0 Å². The van der Waals surface area contributed by atoms with Crippen molar-refractivity contribution in [1.82, 2.24) is 9.80 Å². The third-order valence-electron chi connectivity index (χ3n) is 4.12. The van der Waals surface area contributed by atoms with E-state index >= 15 is 0 Å². The lowest BCUT2D eigenvalue weighted by Crippen LogP contribution is -2.51. The number of carbonyl (C=O) groups excluding carboxylic acids is 1. The van der Waals surface area contributed by atoms with Crippen LogP contribution in [0.1, 0.15) is 39.0 Å². The van der Waals surface area contributed by atoms with Gasteiger partial charge in [-0.25, -0.2) is 4.79 Å². The van der Waals surface area contributed by atoms with Gasteiger partial charge >= 0.3 is 6.03 Å². The van der Waals surface area contributed by atoms with Gasteiger partial charge in [-0.1, -0.05) is 6.92 Å². The summed E-state index contributed by atoms with van der Waals surface area (Å²) in [7, 11) is 0. The first-order valence-electron chi connectivity index (χ1n) is 6.94. The van der Waals surface area contributed by atoms with Crippen molar-refractivity contribution in [2.75, 3.05) is 26.2 Å². The third-order valence-corrected chi connectivity index (χ3v) is 4.12. The molecule has 4 heteroatoms. The van der Waals surface area contributed by atoms with Gasteiger partial charge in [0.2, 0.25) is 0 Å². The molecule has 2 aliphatic heterocycles. The van der Waals surface area contributed by atoms with Gasteiger partial charge in [-0.05, 0) is 32.1 Å². The van der Waals surface area contributed by atoms with Crippen molar-refractivity contribution in [3.8, 4) is 0 Å². The van der Waals surface area contributed by atoms with E-state index in [1.54, 1.807) is 0 Å². The molecule has 1 N–H and O–H groups in total. The fourth-order valence-corrected chi connectivity index (χ4v) is 2.88. The predicted molar refractivity (Wildman–Crippen MR) is 66.8 cm³/mol. The monoisotopic (exact) mass is 240 g/mol. The Balaban J connectivity index is 1.90. The predicted octanol–water partition coefficient (Wildman–Crippen LogP) is 1.69. The maximum atomic E-state index is 12.3. The number of amides is 2. The van der Waals surface area contributed by atoms with Gasteiger partial charge in [-0.2, -0.15) is 0 Å². The zero-order chi connectivity index (χ0) is 12.3. The van der Waals surface area contributed by atoms with E-state index in [4.69, 9.17) is 0 Å². The highest BCUT2D eigenvalue weighted by molar-refractivity contribution is 5.74. The average Bonchev–Trinajstić information content (AvgIpc) is 2.39. The number of hydrogen-bond acceptors (Lipinski definition) is 2. The summed E-state index contributed by atoms with van der Waals surface area (Å²) in [5, 5.41) is 9.83. The minimum atomic E-state index is -0.217. The molecule has 2 fully saturated rings. The molecular formula is C13H24N2O2. The molecule has 0 aromatic carbocycles. The molecule has 0 bridgehead atoms. The molecule has 2 atom stereocenters. The Morgan fingerprint density at radius 3 is 2.53 bits per heavy atom. The molecular weight excluding hydrogens is 216 g/mol. The van der Waals surface area contributed by atoms with Crippen LogP contribution in [0.5, 0.6) is 0 Å². The van der Waals surface area contributed by atoms with Crippen LogP contribution >= 0.6 is 0 Å². The molecule has 2 rings (SSSR count). The van der Waals surface area contributed by atoms with Crippen molar-refractivity contribution < 1.29 is 9.90 Å². The minimum absolute atomic E-state index is 0.190. The summed E-state index contributed by atoms with van der Waals surface area (Å²) in [6, 6.07) is 0.190. The second-order valence-electron chi connectivity index (χ2n) is 5.30. The van der Waals surface area contributed by atoms with Crippen molar-refractivity contribution in [2.24, 2.45) is 5.92 Å². The molecule has 98 valence electrons. The van der Waals surface area contributed by atoms with Gasteiger partial charge < -0.3 is 14.9 Å². The lowest BCUT2D eigenvalue weighted by Gasteiger charge is -2.39. The number of piperidine rings is 2. The number of aliphatic hydroxyl groups excluding tert-OH is 1. The summed E-state index contributed by atoms with van der Waals surface area (Å²) in [6.45, 7) is 5.35. The third kappa shape index (κ3) is 2.92. The van der Waals surface area contributed by atoms with Crippen molar-refractivity contribution in [2.45, 2.75) is 45.1 Å². The molecule has 0 aromatic rings. The number of nitrogens with zero attached hydrogens (tertiary/aromatic N) is 2. The van der Waals surface area contributed by atoms with Crippen LogP contribution in [0.3, 0.4) is 0 Å². The van der Waals surface area contributed by atoms with E-state index in [9.17, 15) is 9.90 Å². The largest absolute Gasteiger partial charge is 0.393 e. The Morgan fingerprint density at radius 1 is 1.18 bits per heavy atom. The van der Waals surface area contributed by atoms with Crippen LogP contribution in [0.4, 0.5) is 4.79 Å². The SMILES string of the molecule is CCC1CN(C(=O)N2CCCCC2)CCC1O. The molecule has 2 heterocycles. The molecule has 2 aliphatic rings. The standard InChI is InChI=1S/C13H24N2O2/c1-2-11-10-15(9-6-12(11)16)13(17)14-7-4-3-5-8-14/h11-12,16H,2-10H2,1H3. The van der Waals surface area contributed by atoms with Crippen LogP contribution in [-0.4, -0.2) is 53.2 Å². The number of carbonyl (C=O) groups is 1. The van der Waals surface area contributed by atoms with Crippen molar-refractivity contribution in [3.63, 3.8) is 0 Å². The van der Waals surface area contributed by atoms with Gasteiger partial charge in [-0.3, -0.25) is 0 Å². The molecule has 0 spiro atoms. The van der Waals surface area contributed by atoms with Crippen molar-refractivity contribution >= 4 is 6.03 Å². The highest BCUT2D eigenvalue weighted by atomic mass is 16.3. The molecule has 4 nitrogen and oxygen atoms in total. The Kier molecular flexibility index (Phi) is 4.26. The fraction of sp³-hybridized carbons (Fsp3) is 0.923. The number of aliphatic hydroxyl groups is 1. The van der Waals surface area contributed by atoms with Crippen LogP contribution in [0, 0.1) is 5.92 Å². The van der Waals surface area contributed by atoms with Gasteiger partial charge in [-0.15, -0.1) is 0 Å². The van der Waals surface area contributed by atoms with Gasteiger partial charge in [0.05, 0.1) is 6.10 Å².